The lowest BCUT2D eigenvalue weighted by molar-refractivity contribution is 0.0602. The van der Waals surface area contributed by atoms with Crippen LogP contribution in [-0.2, 0) is 11.2 Å². The second-order valence-electron chi connectivity index (χ2n) is 4.52. The lowest BCUT2D eigenvalue weighted by Crippen LogP contribution is -2.04. The molecule has 0 N–H and O–H groups in total. The van der Waals surface area contributed by atoms with Gasteiger partial charge in [-0.3, -0.25) is 0 Å². The standard InChI is InChI=1S/C15H12FN3O2/c1-21-15(20)12-6-3-7-19-14(12)17-13(18-19)9-10-4-2-5-11(16)8-10/h2-8H,9H2,1H3. The summed E-state index contributed by atoms with van der Waals surface area (Å²) in [6.07, 6.45) is 2.09. The van der Waals surface area contributed by atoms with Crippen molar-refractivity contribution in [1.29, 1.82) is 0 Å². The minimum Gasteiger partial charge on any atom is -0.465 e. The summed E-state index contributed by atoms with van der Waals surface area (Å²) >= 11 is 0. The van der Waals surface area contributed by atoms with E-state index in [1.807, 2.05) is 0 Å². The summed E-state index contributed by atoms with van der Waals surface area (Å²) in [5, 5.41) is 4.29. The monoisotopic (exact) mass is 285 g/mol. The van der Waals surface area contributed by atoms with Crippen LogP contribution in [0.3, 0.4) is 0 Å². The minimum atomic E-state index is -0.467. The Hall–Kier alpha value is -2.76. The van der Waals surface area contributed by atoms with E-state index in [-0.39, 0.29) is 5.82 Å². The zero-order valence-corrected chi connectivity index (χ0v) is 11.3. The molecule has 5 nitrogen and oxygen atoms in total. The summed E-state index contributed by atoms with van der Waals surface area (Å²) in [6.45, 7) is 0. The highest BCUT2D eigenvalue weighted by atomic mass is 19.1. The Bertz CT molecular complexity index is 814. The first-order valence-corrected chi connectivity index (χ1v) is 6.34. The van der Waals surface area contributed by atoms with Crippen molar-refractivity contribution in [1.82, 2.24) is 14.6 Å². The topological polar surface area (TPSA) is 56.5 Å². The summed E-state index contributed by atoms with van der Waals surface area (Å²) in [4.78, 5) is 16.0. The van der Waals surface area contributed by atoms with Gasteiger partial charge in [-0.1, -0.05) is 12.1 Å². The second-order valence-corrected chi connectivity index (χ2v) is 4.52. The predicted octanol–water partition coefficient (Wildman–Crippen LogP) is 2.25. The zero-order chi connectivity index (χ0) is 14.8. The fourth-order valence-corrected chi connectivity index (χ4v) is 2.12. The van der Waals surface area contributed by atoms with Gasteiger partial charge in [0, 0.05) is 12.6 Å². The quantitative estimate of drug-likeness (QED) is 0.693. The number of pyridine rings is 1. The van der Waals surface area contributed by atoms with Crippen LogP contribution in [0.1, 0.15) is 21.7 Å². The molecular weight excluding hydrogens is 273 g/mol. The number of hydrogen-bond acceptors (Lipinski definition) is 4. The highest BCUT2D eigenvalue weighted by Crippen LogP contribution is 2.13. The molecule has 2 aromatic heterocycles. The first-order valence-electron chi connectivity index (χ1n) is 6.34. The number of fused-ring (bicyclic) bond motifs is 1. The van der Waals surface area contributed by atoms with Crippen LogP contribution in [0.15, 0.2) is 42.6 Å². The second kappa shape index (κ2) is 5.32. The number of ether oxygens (including phenoxy) is 1. The molecule has 0 bridgehead atoms. The Labute approximate surface area is 120 Å². The van der Waals surface area contributed by atoms with E-state index < -0.39 is 5.97 Å². The van der Waals surface area contributed by atoms with E-state index in [0.717, 1.165) is 5.56 Å². The molecule has 0 spiro atoms. The molecule has 0 aliphatic rings. The molecule has 0 saturated heterocycles. The molecule has 0 aliphatic carbocycles. The number of aromatic nitrogens is 3. The van der Waals surface area contributed by atoms with E-state index in [4.69, 9.17) is 4.74 Å². The van der Waals surface area contributed by atoms with Crippen molar-refractivity contribution in [2.75, 3.05) is 7.11 Å². The van der Waals surface area contributed by atoms with Gasteiger partial charge < -0.3 is 4.74 Å². The number of benzene rings is 1. The van der Waals surface area contributed by atoms with Crippen molar-refractivity contribution in [2.24, 2.45) is 0 Å². The van der Waals surface area contributed by atoms with E-state index in [0.29, 0.717) is 23.5 Å². The maximum Gasteiger partial charge on any atom is 0.341 e. The molecule has 0 radical (unpaired) electrons. The average molecular weight is 285 g/mol. The predicted molar refractivity (Wildman–Crippen MR) is 73.5 cm³/mol. The third kappa shape index (κ3) is 2.60. The van der Waals surface area contributed by atoms with E-state index in [1.165, 1.54) is 23.8 Å². The number of nitrogens with zero attached hydrogens (tertiary/aromatic N) is 3. The summed E-state index contributed by atoms with van der Waals surface area (Å²) in [5.74, 6) is -0.256. The maximum absolute atomic E-state index is 13.2. The van der Waals surface area contributed by atoms with Gasteiger partial charge in [0.15, 0.2) is 11.5 Å². The van der Waals surface area contributed by atoms with E-state index in [1.54, 1.807) is 30.5 Å². The fourth-order valence-electron chi connectivity index (χ4n) is 2.12. The Balaban J connectivity index is 1.99. The number of carbonyl (C=O) groups excluding carboxylic acids is 1. The lowest BCUT2D eigenvalue weighted by Gasteiger charge is -1.99. The van der Waals surface area contributed by atoms with E-state index in [9.17, 15) is 9.18 Å². The molecule has 0 saturated carbocycles. The molecule has 3 aromatic rings. The van der Waals surface area contributed by atoms with Gasteiger partial charge in [-0.05, 0) is 29.8 Å². The van der Waals surface area contributed by atoms with E-state index >= 15 is 0 Å². The Morgan fingerprint density at radius 2 is 2.19 bits per heavy atom. The number of halogens is 1. The summed E-state index contributed by atoms with van der Waals surface area (Å²) < 4.78 is 19.4. The number of carbonyl (C=O) groups is 1. The number of esters is 1. The van der Waals surface area contributed by atoms with Crippen molar-refractivity contribution >= 4 is 11.6 Å². The van der Waals surface area contributed by atoms with Gasteiger partial charge in [0.1, 0.15) is 11.4 Å². The molecule has 2 heterocycles. The Morgan fingerprint density at radius 3 is 2.95 bits per heavy atom. The molecule has 0 atom stereocenters. The van der Waals surface area contributed by atoms with Gasteiger partial charge >= 0.3 is 5.97 Å². The molecule has 0 aliphatic heterocycles. The first-order chi connectivity index (χ1) is 10.2. The fraction of sp³-hybridized carbons (Fsp3) is 0.133. The van der Waals surface area contributed by atoms with Crippen LogP contribution >= 0.6 is 0 Å². The van der Waals surface area contributed by atoms with Gasteiger partial charge in [-0.2, -0.15) is 5.10 Å². The van der Waals surface area contributed by atoms with Crippen LogP contribution in [0.2, 0.25) is 0 Å². The third-order valence-electron chi connectivity index (χ3n) is 3.06. The lowest BCUT2D eigenvalue weighted by atomic mass is 10.1. The molecule has 0 fully saturated rings. The van der Waals surface area contributed by atoms with Crippen LogP contribution in [0.5, 0.6) is 0 Å². The molecule has 21 heavy (non-hydrogen) atoms. The zero-order valence-electron chi connectivity index (χ0n) is 11.3. The van der Waals surface area contributed by atoms with E-state index in [2.05, 4.69) is 10.1 Å². The largest absolute Gasteiger partial charge is 0.465 e. The van der Waals surface area contributed by atoms with Crippen molar-refractivity contribution in [3.63, 3.8) is 0 Å². The molecular formula is C15H12FN3O2. The Kier molecular flexibility index (Phi) is 3.35. The van der Waals surface area contributed by atoms with Crippen molar-refractivity contribution in [2.45, 2.75) is 6.42 Å². The summed E-state index contributed by atoms with van der Waals surface area (Å²) in [7, 11) is 1.32. The van der Waals surface area contributed by atoms with Gasteiger partial charge in [0.05, 0.1) is 7.11 Å². The molecule has 1 aromatic carbocycles. The molecule has 3 rings (SSSR count). The summed E-state index contributed by atoms with van der Waals surface area (Å²) in [5.41, 5.74) is 1.54. The van der Waals surface area contributed by atoms with Gasteiger partial charge in [0.2, 0.25) is 0 Å². The van der Waals surface area contributed by atoms with Gasteiger partial charge in [-0.15, -0.1) is 0 Å². The van der Waals surface area contributed by atoms with Gasteiger partial charge in [0.25, 0.3) is 0 Å². The minimum absolute atomic E-state index is 0.300. The number of methoxy groups -OCH3 is 1. The van der Waals surface area contributed by atoms with Crippen LogP contribution in [0.25, 0.3) is 5.65 Å². The normalized spacial score (nSPS) is 10.8. The molecule has 106 valence electrons. The smallest absolute Gasteiger partial charge is 0.341 e. The third-order valence-corrected chi connectivity index (χ3v) is 3.06. The van der Waals surface area contributed by atoms with Crippen LogP contribution in [-0.4, -0.2) is 27.7 Å². The number of rotatable bonds is 3. The highest BCUT2D eigenvalue weighted by Gasteiger charge is 2.14. The van der Waals surface area contributed by atoms with Crippen molar-refractivity contribution in [3.05, 3.63) is 65.4 Å². The van der Waals surface area contributed by atoms with Gasteiger partial charge in [-0.25, -0.2) is 18.7 Å². The SMILES string of the molecule is COC(=O)c1cccn2nc(Cc3cccc(F)c3)nc12. The van der Waals surface area contributed by atoms with Crippen molar-refractivity contribution in [3.8, 4) is 0 Å². The average Bonchev–Trinajstić information content (AvgIpc) is 2.88. The molecule has 0 amide bonds. The van der Waals surface area contributed by atoms with Crippen LogP contribution in [0, 0.1) is 5.82 Å². The highest BCUT2D eigenvalue weighted by molar-refractivity contribution is 5.95. The van der Waals surface area contributed by atoms with Crippen molar-refractivity contribution < 1.29 is 13.9 Å². The van der Waals surface area contributed by atoms with Crippen LogP contribution in [0.4, 0.5) is 4.39 Å². The Morgan fingerprint density at radius 1 is 1.33 bits per heavy atom. The first kappa shape index (κ1) is 13.2. The maximum atomic E-state index is 13.2. The summed E-state index contributed by atoms with van der Waals surface area (Å²) in [6, 6.07) is 9.58. The molecule has 6 heteroatoms. The van der Waals surface area contributed by atoms with Crippen LogP contribution < -0.4 is 0 Å². The molecule has 0 unspecified atom stereocenters. The number of hydrogen-bond donors (Lipinski definition) is 0.